The Morgan fingerprint density at radius 1 is 1.53 bits per heavy atom. The van der Waals surface area contributed by atoms with Gasteiger partial charge in [0.05, 0.1) is 17.8 Å². The minimum atomic E-state index is -0.0468. The molecule has 0 bridgehead atoms. The normalized spacial score (nSPS) is 18.8. The van der Waals surface area contributed by atoms with Crippen LogP contribution in [0.3, 0.4) is 0 Å². The maximum absolute atomic E-state index is 12.0. The van der Waals surface area contributed by atoms with Crippen LogP contribution < -0.4 is 5.32 Å². The fourth-order valence-electron chi connectivity index (χ4n) is 2.40. The number of amides is 1. The smallest absolute Gasteiger partial charge is 0.251 e. The minimum absolute atomic E-state index is 0.0468. The van der Waals surface area contributed by atoms with E-state index in [0.29, 0.717) is 18.2 Å². The molecule has 19 heavy (non-hydrogen) atoms. The lowest BCUT2D eigenvalue weighted by Crippen LogP contribution is -2.26. The van der Waals surface area contributed by atoms with Gasteiger partial charge < -0.3 is 10.1 Å². The fraction of sp³-hybridized carbons (Fsp3) is 0.429. The van der Waals surface area contributed by atoms with Crippen molar-refractivity contribution < 1.29 is 9.53 Å². The Hall–Kier alpha value is -1.88. The van der Waals surface area contributed by atoms with Crippen LogP contribution in [0.5, 0.6) is 0 Å². The lowest BCUT2D eigenvalue weighted by molar-refractivity contribution is 0.0907. The average molecular weight is 259 g/mol. The summed E-state index contributed by atoms with van der Waals surface area (Å²) in [5.41, 5.74) is 1.54. The first-order valence-corrected chi connectivity index (χ1v) is 6.66. The number of carbonyl (C=O) groups is 1. The first-order chi connectivity index (χ1) is 9.33. The topological polar surface area (TPSA) is 67.0 Å². The highest BCUT2D eigenvalue weighted by atomic mass is 16.5. The second-order valence-electron chi connectivity index (χ2n) is 4.85. The molecule has 0 radical (unpaired) electrons. The SMILES string of the molecule is O=C(NCCC1CCCO1)c1ccc2cn[nH]c2c1. The second-order valence-corrected chi connectivity index (χ2v) is 4.85. The van der Waals surface area contributed by atoms with Crippen molar-refractivity contribution in [1.29, 1.82) is 0 Å². The first kappa shape index (κ1) is 12.2. The van der Waals surface area contributed by atoms with Crippen LogP contribution in [-0.2, 0) is 4.74 Å². The molecule has 5 heteroatoms. The molecule has 2 N–H and O–H groups in total. The van der Waals surface area contributed by atoms with Gasteiger partial charge in [-0.1, -0.05) is 6.07 Å². The van der Waals surface area contributed by atoms with Crippen molar-refractivity contribution in [2.75, 3.05) is 13.2 Å². The zero-order valence-corrected chi connectivity index (χ0v) is 10.7. The lowest BCUT2D eigenvalue weighted by atomic mass is 10.1. The number of aromatic amines is 1. The van der Waals surface area contributed by atoms with Crippen LogP contribution in [0.2, 0.25) is 0 Å². The first-order valence-electron chi connectivity index (χ1n) is 6.66. The van der Waals surface area contributed by atoms with Crippen molar-refractivity contribution in [2.24, 2.45) is 0 Å². The summed E-state index contributed by atoms with van der Waals surface area (Å²) in [6.07, 6.45) is 5.19. The van der Waals surface area contributed by atoms with Gasteiger partial charge in [0.2, 0.25) is 0 Å². The molecule has 1 atom stereocenters. The molecule has 0 saturated carbocycles. The number of aromatic nitrogens is 2. The van der Waals surface area contributed by atoms with Gasteiger partial charge in [0.15, 0.2) is 0 Å². The summed E-state index contributed by atoms with van der Waals surface area (Å²) in [6, 6.07) is 5.54. The molecule has 0 spiro atoms. The van der Waals surface area contributed by atoms with Crippen molar-refractivity contribution in [2.45, 2.75) is 25.4 Å². The van der Waals surface area contributed by atoms with Crippen LogP contribution in [-0.4, -0.2) is 35.4 Å². The molecule has 5 nitrogen and oxygen atoms in total. The molecule has 0 aliphatic carbocycles. The van der Waals surface area contributed by atoms with Gasteiger partial charge >= 0.3 is 0 Å². The fourth-order valence-corrected chi connectivity index (χ4v) is 2.40. The van der Waals surface area contributed by atoms with Gasteiger partial charge in [0.1, 0.15) is 0 Å². The third-order valence-corrected chi connectivity index (χ3v) is 3.48. The molecule has 1 aliphatic heterocycles. The number of ether oxygens (including phenoxy) is 1. The van der Waals surface area contributed by atoms with E-state index >= 15 is 0 Å². The summed E-state index contributed by atoms with van der Waals surface area (Å²) in [5, 5.41) is 10.7. The van der Waals surface area contributed by atoms with Crippen LogP contribution in [0.1, 0.15) is 29.6 Å². The number of rotatable bonds is 4. The number of benzene rings is 1. The second kappa shape index (κ2) is 5.40. The highest BCUT2D eigenvalue weighted by molar-refractivity contribution is 5.97. The quantitative estimate of drug-likeness (QED) is 0.880. The number of fused-ring (bicyclic) bond motifs is 1. The molecule has 3 rings (SSSR count). The van der Waals surface area contributed by atoms with Gasteiger partial charge in [-0.15, -0.1) is 0 Å². The molecule has 1 unspecified atom stereocenters. The van der Waals surface area contributed by atoms with E-state index < -0.39 is 0 Å². The molecule has 1 aromatic heterocycles. The molecule has 1 saturated heterocycles. The van der Waals surface area contributed by atoms with Crippen LogP contribution in [0.15, 0.2) is 24.4 Å². The van der Waals surface area contributed by atoms with Crippen molar-refractivity contribution in [1.82, 2.24) is 15.5 Å². The largest absolute Gasteiger partial charge is 0.378 e. The highest BCUT2D eigenvalue weighted by Crippen LogP contribution is 2.15. The maximum Gasteiger partial charge on any atom is 0.251 e. The van der Waals surface area contributed by atoms with Crippen LogP contribution >= 0.6 is 0 Å². The van der Waals surface area contributed by atoms with Crippen LogP contribution in [0, 0.1) is 0 Å². The van der Waals surface area contributed by atoms with Crippen molar-refractivity contribution >= 4 is 16.8 Å². The summed E-state index contributed by atoms with van der Waals surface area (Å²) >= 11 is 0. The van der Waals surface area contributed by atoms with E-state index in [1.165, 1.54) is 0 Å². The number of H-pyrrole nitrogens is 1. The van der Waals surface area contributed by atoms with Crippen LogP contribution in [0.4, 0.5) is 0 Å². The molecule has 1 amide bonds. The van der Waals surface area contributed by atoms with E-state index in [0.717, 1.165) is 36.8 Å². The van der Waals surface area contributed by atoms with Gasteiger partial charge in [-0.2, -0.15) is 5.10 Å². The summed E-state index contributed by atoms with van der Waals surface area (Å²) in [5.74, 6) is -0.0468. The average Bonchev–Trinajstić information content (AvgIpc) is 3.08. The minimum Gasteiger partial charge on any atom is -0.378 e. The third kappa shape index (κ3) is 2.76. The van der Waals surface area contributed by atoms with Gasteiger partial charge in [0, 0.05) is 24.1 Å². The van der Waals surface area contributed by atoms with Crippen molar-refractivity contribution in [3.05, 3.63) is 30.0 Å². The summed E-state index contributed by atoms with van der Waals surface area (Å²) in [7, 11) is 0. The molecule has 1 aromatic carbocycles. The highest BCUT2D eigenvalue weighted by Gasteiger charge is 2.15. The molecule has 100 valence electrons. The van der Waals surface area contributed by atoms with Crippen LogP contribution in [0.25, 0.3) is 10.9 Å². The Bertz CT molecular complexity index is 573. The monoisotopic (exact) mass is 259 g/mol. The van der Waals surface area contributed by atoms with Crippen molar-refractivity contribution in [3.8, 4) is 0 Å². The van der Waals surface area contributed by atoms with E-state index in [2.05, 4.69) is 15.5 Å². The van der Waals surface area contributed by atoms with E-state index in [9.17, 15) is 4.79 Å². The maximum atomic E-state index is 12.0. The standard InChI is InChI=1S/C14H17N3O2/c18-14(15-6-5-12-2-1-7-19-12)10-3-4-11-9-16-17-13(11)8-10/h3-4,8-9,12H,1-2,5-7H2,(H,15,18)(H,16,17). The molecule has 2 heterocycles. The lowest BCUT2D eigenvalue weighted by Gasteiger charge is -2.10. The number of hydrogen-bond acceptors (Lipinski definition) is 3. The number of nitrogens with one attached hydrogen (secondary N) is 2. The van der Waals surface area contributed by atoms with E-state index in [4.69, 9.17) is 4.74 Å². The molecule has 1 aliphatic rings. The Kier molecular flexibility index (Phi) is 3.46. The number of nitrogens with zero attached hydrogens (tertiary/aromatic N) is 1. The third-order valence-electron chi connectivity index (χ3n) is 3.48. The Labute approximate surface area is 111 Å². The Balaban J connectivity index is 1.56. The summed E-state index contributed by atoms with van der Waals surface area (Å²) in [4.78, 5) is 12.0. The number of hydrogen-bond donors (Lipinski definition) is 2. The molecular formula is C14H17N3O2. The molecule has 1 fully saturated rings. The summed E-state index contributed by atoms with van der Waals surface area (Å²) < 4.78 is 5.52. The van der Waals surface area contributed by atoms with E-state index in [1.54, 1.807) is 6.20 Å². The Morgan fingerprint density at radius 3 is 3.32 bits per heavy atom. The van der Waals surface area contributed by atoms with Crippen molar-refractivity contribution in [3.63, 3.8) is 0 Å². The Morgan fingerprint density at radius 2 is 2.47 bits per heavy atom. The van der Waals surface area contributed by atoms with Gasteiger partial charge in [0.25, 0.3) is 5.91 Å². The number of carbonyl (C=O) groups excluding carboxylic acids is 1. The van der Waals surface area contributed by atoms with Gasteiger partial charge in [-0.25, -0.2) is 0 Å². The predicted molar refractivity (Wildman–Crippen MR) is 72.0 cm³/mol. The molecule has 2 aromatic rings. The zero-order chi connectivity index (χ0) is 13.1. The molecular weight excluding hydrogens is 242 g/mol. The van der Waals surface area contributed by atoms with Gasteiger partial charge in [-0.3, -0.25) is 9.89 Å². The van der Waals surface area contributed by atoms with E-state index in [1.807, 2.05) is 18.2 Å². The predicted octanol–water partition coefficient (Wildman–Crippen LogP) is 1.86. The zero-order valence-electron chi connectivity index (χ0n) is 10.7. The van der Waals surface area contributed by atoms with Gasteiger partial charge in [-0.05, 0) is 31.4 Å². The van der Waals surface area contributed by atoms with E-state index in [-0.39, 0.29) is 5.91 Å². The summed E-state index contributed by atoms with van der Waals surface area (Å²) in [6.45, 7) is 1.51.